The Balaban J connectivity index is 1.93. The molecule has 0 saturated carbocycles. The minimum Gasteiger partial charge on any atom is -0.469 e. The summed E-state index contributed by atoms with van der Waals surface area (Å²) in [4.78, 5) is 17.0. The van der Waals surface area contributed by atoms with Crippen molar-refractivity contribution in [3.63, 3.8) is 0 Å². The fraction of sp³-hybridized carbons (Fsp3) is 0.933. The summed E-state index contributed by atoms with van der Waals surface area (Å²) in [5, 5.41) is 0. The molecule has 4 nitrogen and oxygen atoms in total. The first-order chi connectivity index (χ1) is 9.24. The standard InChI is InChI=1S/C15H28N2O2/c1-3-16-10-7-13(11-16)14(15(18)19-2)12-17-8-5-4-6-9-17/h13-14H,3-12H2,1-2H3. The van der Waals surface area contributed by atoms with Crippen LogP contribution in [0.4, 0.5) is 0 Å². The number of likely N-dealkylation sites (tertiary alicyclic amines) is 2. The highest BCUT2D eigenvalue weighted by molar-refractivity contribution is 5.73. The molecule has 2 atom stereocenters. The lowest BCUT2D eigenvalue weighted by Crippen LogP contribution is -2.41. The lowest BCUT2D eigenvalue weighted by atomic mass is 9.90. The Hall–Kier alpha value is -0.610. The maximum absolute atomic E-state index is 12.1. The van der Waals surface area contributed by atoms with E-state index in [4.69, 9.17) is 4.74 Å². The first-order valence-corrected chi connectivity index (χ1v) is 7.77. The zero-order chi connectivity index (χ0) is 13.7. The average molecular weight is 268 g/mol. The summed E-state index contributed by atoms with van der Waals surface area (Å²) in [6.45, 7) is 8.68. The molecule has 0 N–H and O–H groups in total. The summed E-state index contributed by atoms with van der Waals surface area (Å²) in [5.41, 5.74) is 0. The molecule has 19 heavy (non-hydrogen) atoms. The van der Waals surface area contributed by atoms with Gasteiger partial charge in [-0.15, -0.1) is 0 Å². The zero-order valence-corrected chi connectivity index (χ0v) is 12.4. The van der Waals surface area contributed by atoms with E-state index in [1.165, 1.54) is 26.4 Å². The summed E-state index contributed by atoms with van der Waals surface area (Å²) in [7, 11) is 1.53. The van der Waals surface area contributed by atoms with Crippen molar-refractivity contribution in [3.8, 4) is 0 Å². The molecule has 2 fully saturated rings. The molecule has 2 heterocycles. The van der Waals surface area contributed by atoms with Crippen LogP contribution in [0, 0.1) is 11.8 Å². The van der Waals surface area contributed by atoms with Gasteiger partial charge >= 0.3 is 5.97 Å². The van der Waals surface area contributed by atoms with Gasteiger partial charge in [0.05, 0.1) is 13.0 Å². The van der Waals surface area contributed by atoms with Gasteiger partial charge in [0, 0.05) is 13.1 Å². The number of hydrogen-bond donors (Lipinski definition) is 0. The number of rotatable bonds is 5. The number of carbonyl (C=O) groups is 1. The van der Waals surface area contributed by atoms with Crippen molar-refractivity contribution in [1.82, 2.24) is 9.80 Å². The lowest BCUT2D eigenvalue weighted by Gasteiger charge is -2.31. The predicted octanol–water partition coefficient (Wildman–Crippen LogP) is 1.60. The smallest absolute Gasteiger partial charge is 0.310 e. The minimum atomic E-state index is -0.00599. The molecule has 0 aliphatic carbocycles. The Morgan fingerprint density at radius 1 is 1.21 bits per heavy atom. The third-order valence-electron chi connectivity index (χ3n) is 4.73. The summed E-state index contributed by atoms with van der Waals surface area (Å²) in [6, 6.07) is 0. The number of esters is 1. The molecule has 2 rings (SSSR count). The number of hydrogen-bond acceptors (Lipinski definition) is 4. The van der Waals surface area contributed by atoms with Gasteiger partial charge in [0.25, 0.3) is 0 Å². The molecule has 0 amide bonds. The van der Waals surface area contributed by atoms with Gasteiger partial charge in [0.2, 0.25) is 0 Å². The average Bonchev–Trinajstić information content (AvgIpc) is 2.93. The molecule has 2 saturated heterocycles. The first kappa shape index (κ1) is 14.8. The minimum absolute atomic E-state index is 0.00599. The molecular weight excluding hydrogens is 240 g/mol. The van der Waals surface area contributed by atoms with Crippen molar-refractivity contribution in [1.29, 1.82) is 0 Å². The van der Waals surface area contributed by atoms with E-state index >= 15 is 0 Å². The Labute approximate surface area is 117 Å². The maximum atomic E-state index is 12.1. The summed E-state index contributed by atoms with van der Waals surface area (Å²) >= 11 is 0. The van der Waals surface area contributed by atoms with Gasteiger partial charge in [0.1, 0.15) is 0 Å². The van der Waals surface area contributed by atoms with Crippen LogP contribution in [-0.2, 0) is 9.53 Å². The van der Waals surface area contributed by atoms with Crippen molar-refractivity contribution in [2.45, 2.75) is 32.6 Å². The Bertz CT molecular complexity index is 290. The highest BCUT2D eigenvalue weighted by atomic mass is 16.5. The predicted molar refractivity (Wildman–Crippen MR) is 76.0 cm³/mol. The molecule has 110 valence electrons. The van der Waals surface area contributed by atoms with Gasteiger partial charge < -0.3 is 14.5 Å². The van der Waals surface area contributed by atoms with E-state index < -0.39 is 0 Å². The molecule has 2 aliphatic heterocycles. The summed E-state index contributed by atoms with van der Waals surface area (Å²) in [5.74, 6) is 0.544. The van der Waals surface area contributed by atoms with Gasteiger partial charge in [-0.2, -0.15) is 0 Å². The molecule has 0 radical (unpaired) electrons. The van der Waals surface area contributed by atoms with Crippen molar-refractivity contribution < 1.29 is 9.53 Å². The fourth-order valence-electron chi connectivity index (χ4n) is 3.47. The first-order valence-electron chi connectivity index (χ1n) is 7.77. The van der Waals surface area contributed by atoms with E-state index in [2.05, 4.69) is 16.7 Å². The topological polar surface area (TPSA) is 32.8 Å². The third kappa shape index (κ3) is 3.93. The molecular formula is C15H28N2O2. The maximum Gasteiger partial charge on any atom is 0.310 e. The van der Waals surface area contributed by atoms with Crippen molar-refractivity contribution in [2.75, 3.05) is 46.4 Å². The molecule has 4 heteroatoms. The molecule has 0 aromatic rings. The van der Waals surface area contributed by atoms with Gasteiger partial charge in [-0.25, -0.2) is 0 Å². The number of ether oxygens (including phenoxy) is 1. The second-order valence-electron chi connectivity index (χ2n) is 5.93. The molecule has 0 aromatic heterocycles. The number of carbonyl (C=O) groups excluding carboxylic acids is 1. The molecule has 2 unspecified atom stereocenters. The van der Waals surface area contributed by atoms with Crippen LogP contribution >= 0.6 is 0 Å². The number of methoxy groups -OCH3 is 1. The van der Waals surface area contributed by atoms with Gasteiger partial charge in [-0.3, -0.25) is 4.79 Å². The second kappa shape index (κ2) is 7.25. The van der Waals surface area contributed by atoms with Gasteiger partial charge in [-0.05, 0) is 51.4 Å². The van der Waals surface area contributed by atoms with Gasteiger partial charge in [0.15, 0.2) is 0 Å². The van der Waals surface area contributed by atoms with Crippen LogP contribution < -0.4 is 0 Å². The second-order valence-corrected chi connectivity index (χ2v) is 5.93. The normalized spacial score (nSPS) is 27.4. The van der Waals surface area contributed by atoms with E-state index in [-0.39, 0.29) is 11.9 Å². The molecule has 0 bridgehead atoms. The third-order valence-corrected chi connectivity index (χ3v) is 4.73. The number of nitrogens with zero attached hydrogens (tertiary/aromatic N) is 2. The Morgan fingerprint density at radius 3 is 2.53 bits per heavy atom. The SMILES string of the molecule is CCN1CCC(C(CN2CCCCC2)C(=O)OC)C1. The highest BCUT2D eigenvalue weighted by Crippen LogP contribution is 2.26. The van der Waals surface area contributed by atoms with E-state index in [9.17, 15) is 4.79 Å². The van der Waals surface area contributed by atoms with Crippen molar-refractivity contribution in [2.24, 2.45) is 11.8 Å². The molecule has 2 aliphatic rings. The summed E-state index contributed by atoms with van der Waals surface area (Å²) < 4.78 is 5.05. The van der Waals surface area contributed by atoms with Crippen LogP contribution in [0.15, 0.2) is 0 Å². The van der Waals surface area contributed by atoms with Crippen LogP contribution in [0.3, 0.4) is 0 Å². The summed E-state index contributed by atoms with van der Waals surface area (Å²) in [6.07, 6.45) is 5.03. The van der Waals surface area contributed by atoms with Crippen LogP contribution in [-0.4, -0.2) is 62.1 Å². The van der Waals surface area contributed by atoms with Crippen LogP contribution in [0.2, 0.25) is 0 Å². The number of piperidine rings is 1. The molecule has 0 spiro atoms. The van der Waals surface area contributed by atoms with Crippen LogP contribution in [0.5, 0.6) is 0 Å². The van der Waals surface area contributed by atoms with E-state index in [0.717, 1.165) is 45.7 Å². The van der Waals surface area contributed by atoms with E-state index in [0.29, 0.717) is 5.92 Å². The van der Waals surface area contributed by atoms with Crippen LogP contribution in [0.1, 0.15) is 32.6 Å². The Morgan fingerprint density at radius 2 is 1.95 bits per heavy atom. The van der Waals surface area contributed by atoms with Crippen LogP contribution in [0.25, 0.3) is 0 Å². The highest BCUT2D eigenvalue weighted by Gasteiger charge is 2.35. The monoisotopic (exact) mass is 268 g/mol. The Kier molecular flexibility index (Phi) is 5.64. The fourth-order valence-corrected chi connectivity index (χ4v) is 3.47. The van der Waals surface area contributed by atoms with E-state index in [1.54, 1.807) is 0 Å². The lowest BCUT2D eigenvalue weighted by molar-refractivity contribution is -0.148. The quantitative estimate of drug-likeness (QED) is 0.709. The van der Waals surface area contributed by atoms with Crippen molar-refractivity contribution >= 4 is 5.97 Å². The van der Waals surface area contributed by atoms with Gasteiger partial charge in [-0.1, -0.05) is 13.3 Å². The largest absolute Gasteiger partial charge is 0.469 e. The zero-order valence-electron chi connectivity index (χ0n) is 12.4. The molecule has 0 aromatic carbocycles. The van der Waals surface area contributed by atoms with Crippen molar-refractivity contribution in [3.05, 3.63) is 0 Å². The van der Waals surface area contributed by atoms with E-state index in [1.807, 2.05) is 0 Å².